The van der Waals surface area contributed by atoms with Crippen LogP contribution in [0.5, 0.6) is 0 Å². The Bertz CT molecular complexity index is 1060. The van der Waals surface area contributed by atoms with Gasteiger partial charge in [0.05, 0.1) is 22.9 Å². The summed E-state index contributed by atoms with van der Waals surface area (Å²) in [5.41, 5.74) is 2.59. The molecule has 3 aromatic rings. The normalized spacial score (nSPS) is 14.0. The van der Waals surface area contributed by atoms with Gasteiger partial charge in [0.15, 0.2) is 0 Å². The number of fused-ring (bicyclic) bond motifs is 2. The van der Waals surface area contributed by atoms with Gasteiger partial charge in [0.2, 0.25) is 5.91 Å². The number of carbonyl (C=O) groups excluding carboxylic acids is 1. The number of hydrogen-bond acceptors (Lipinski definition) is 4. The van der Waals surface area contributed by atoms with Crippen LogP contribution in [-0.2, 0) is 11.3 Å². The van der Waals surface area contributed by atoms with E-state index >= 15 is 0 Å². The molecule has 138 valence electrons. The molecule has 1 aromatic heterocycles. The van der Waals surface area contributed by atoms with Crippen LogP contribution in [0.15, 0.2) is 58.5 Å². The van der Waals surface area contributed by atoms with Gasteiger partial charge in [-0.2, -0.15) is 0 Å². The summed E-state index contributed by atoms with van der Waals surface area (Å²) in [5.74, 6) is 1.05. The second-order valence-electron chi connectivity index (χ2n) is 6.68. The number of thioether (sulfide) groups is 1. The van der Waals surface area contributed by atoms with Crippen molar-refractivity contribution in [3.63, 3.8) is 0 Å². The van der Waals surface area contributed by atoms with Crippen molar-refractivity contribution in [1.82, 2.24) is 9.55 Å². The molecule has 4 rings (SSSR count). The second-order valence-corrected chi connectivity index (χ2v) is 7.82. The van der Waals surface area contributed by atoms with E-state index < -0.39 is 0 Å². The number of amides is 1. The Morgan fingerprint density at radius 1 is 1.19 bits per heavy atom. The second kappa shape index (κ2) is 7.56. The van der Waals surface area contributed by atoms with Crippen LogP contribution < -0.4 is 10.5 Å². The zero-order valence-corrected chi connectivity index (χ0v) is 16.0. The average Bonchev–Trinajstić information content (AvgIpc) is 2.90. The lowest BCUT2D eigenvalue weighted by atomic mass is 10.1. The summed E-state index contributed by atoms with van der Waals surface area (Å²) in [5, 5.41) is 0.599. The summed E-state index contributed by atoms with van der Waals surface area (Å²) in [7, 11) is 0. The topological polar surface area (TPSA) is 55.2 Å². The van der Waals surface area contributed by atoms with E-state index in [-0.39, 0.29) is 17.9 Å². The number of rotatable bonds is 3. The fraction of sp³-hybridized carbons (Fsp3) is 0.286. The van der Waals surface area contributed by atoms with Crippen LogP contribution in [0.1, 0.15) is 18.4 Å². The summed E-state index contributed by atoms with van der Waals surface area (Å²) in [6.07, 6.45) is 2.79. The van der Waals surface area contributed by atoms with Crippen LogP contribution in [0.4, 0.5) is 5.69 Å². The molecule has 1 aliphatic heterocycles. The van der Waals surface area contributed by atoms with E-state index in [1.807, 2.05) is 42.2 Å². The fourth-order valence-corrected chi connectivity index (χ4v) is 4.43. The third-order valence-corrected chi connectivity index (χ3v) is 6.01. The van der Waals surface area contributed by atoms with Crippen molar-refractivity contribution in [2.75, 3.05) is 17.2 Å². The van der Waals surface area contributed by atoms with Gasteiger partial charge >= 0.3 is 0 Å². The van der Waals surface area contributed by atoms with E-state index in [0.29, 0.717) is 18.5 Å². The highest BCUT2D eigenvalue weighted by molar-refractivity contribution is 7.99. The maximum atomic E-state index is 12.9. The zero-order chi connectivity index (χ0) is 18.8. The van der Waals surface area contributed by atoms with Gasteiger partial charge in [-0.3, -0.25) is 14.2 Å². The summed E-state index contributed by atoms with van der Waals surface area (Å²) >= 11 is 1.79. The van der Waals surface area contributed by atoms with Gasteiger partial charge in [0.1, 0.15) is 0 Å². The summed E-state index contributed by atoms with van der Waals surface area (Å²) in [6, 6.07) is 13.6. The minimum absolute atomic E-state index is 0.0428. The van der Waals surface area contributed by atoms with E-state index in [1.165, 1.54) is 4.57 Å². The molecule has 1 aliphatic rings. The van der Waals surface area contributed by atoms with Crippen molar-refractivity contribution in [3.05, 3.63) is 64.7 Å². The molecular formula is C21H21N3O2S. The average molecular weight is 379 g/mol. The summed E-state index contributed by atoms with van der Waals surface area (Å²) < 4.78 is 1.54. The molecule has 0 fully saturated rings. The van der Waals surface area contributed by atoms with Gasteiger partial charge in [-0.05, 0) is 42.9 Å². The minimum atomic E-state index is -0.0941. The molecule has 2 heterocycles. The molecule has 1 amide bonds. The highest BCUT2D eigenvalue weighted by Gasteiger charge is 2.21. The Morgan fingerprint density at radius 2 is 2.04 bits per heavy atom. The molecule has 0 N–H and O–H groups in total. The molecular weight excluding hydrogens is 358 g/mol. The van der Waals surface area contributed by atoms with Gasteiger partial charge < -0.3 is 4.90 Å². The predicted molar refractivity (Wildman–Crippen MR) is 109 cm³/mol. The number of nitrogens with zero attached hydrogens (tertiary/aromatic N) is 3. The van der Waals surface area contributed by atoms with E-state index in [0.717, 1.165) is 33.8 Å². The lowest BCUT2D eigenvalue weighted by molar-refractivity contribution is -0.118. The molecule has 5 nitrogen and oxygen atoms in total. The molecule has 0 bridgehead atoms. The minimum Gasteiger partial charge on any atom is -0.311 e. The van der Waals surface area contributed by atoms with Gasteiger partial charge in [-0.1, -0.05) is 24.3 Å². The Hall–Kier alpha value is -2.60. The summed E-state index contributed by atoms with van der Waals surface area (Å²) in [6.45, 7) is 2.99. The summed E-state index contributed by atoms with van der Waals surface area (Å²) in [4.78, 5) is 33.0. The lowest BCUT2D eigenvalue weighted by Gasteiger charge is -2.22. The SMILES string of the molecule is Cc1cccc2c(=O)n(CCC(=O)N3CCCSc4ccccc43)cnc12. The van der Waals surface area contributed by atoms with Gasteiger partial charge in [0.25, 0.3) is 5.56 Å². The molecule has 0 saturated carbocycles. The highest BCUT2D eigenvalue weighted by Crippen LogP contribution is 2.33. The number of para-hydroxylation sites is 2. The first-order chi connectivity index (χ1) is 13.1. The van der Waals surface area contributed by atoms with Crippen LogP contribution in [0.2, 0.25) is 0 Å². The largest absolute Gasteiger partial charge is 0.311 e. The van der Waals surface area contributed by atoms with Crippen molar-refractivity contribution in [2.24, 2.45) is 0 Å². The Balaban J connectivity index is 1.56. The maximum Gasteiger partial charge on any atom is 0.261 e. The smallest absolute Gasteiger partial charge is 0.261 e. The van der Waals surface area contributed by atoms with E-state index in [2.05, 4.69) is 11.1 Å². The molecule has 0 spiro atoms. The van der Waals surface area contributed by atoms with Crippen molar-refractivity contribution in [2.45, 2.75) is 31.2 Å². The van der Waals surface area contributed by atoms with Crippen molar-refractivity contribution < 1.29 is 4.79 Å². The fourth-order valence-electron chi connectivity index (χ4n) is 3.43. The standard InChI is InChI=1S/C21H21N3O2S/c1-15-6-4-7-16-20(15)22-14-23(21(16)26)12-10-19(25)24-11-5-13-27-18-9-3-2-8-17(18)24/h2-4,6-9,14H,5,10-13H2,1H3. The first-order valence-corrected chi connectivity index (χ1v) is 10.1. The Kier molecular flexibility index (Phi) is 4.99. The molecule has 27 heavy (non-hydrogen) atoms. The highest BCUT2D eigenvalue weighted by atomic mass is 32.2. The van der Waals surface area contributed by atoms with Crippen LogP contribution >= 0.6 is 11.8 Å². The van der Waals surface area contributed by atoms with E-state index in [9.17, 15) is 9.59 Å². The third-order valence-electron chi connectivity index (χ3n) is 4.86. The van der Waals surface area contributed by atoms with Crippen molar-refractivity contribution >= 4 is 34.3 Å². The monoisotopic (exact) mass is 379 g/mol. The van der Waals surface area contributed by atoms with Crippen LogP contribution in [0.3, 0.4) is 0 Å². The van der Waals surface area contributed by atoms with Gasteiger partial charge in [-0.15, -0.1) is 11.8 Å². The number of anilines is 1. The zero-order valence-electron chi connectivity index (χ0n) is 15.2. The molecule has 0 aliphatic carbocycles. The molecule has 2 aromatic carbocycles. The predicted octanol–water partition coefficient (Wildman–Crippen LogP) is 3.62. The van der Waals surface area contributed by atoms with Gasteiger partial charge in [0, 0.05) is 24.4 Å². The molecule has 0 saturated heterocycles. The first kappa shape index (κ1) is 17.8. The number of benzene rings is 2. The van der Waals surface area contributed by atoms with E-state index in [4.69, 9.17) is 0 Å². The number of aryl methyl sites for hydroxylation is 2. The van der Waals surface area contributed by atoms with Gasteiger partial charge in [-0.25, -0.2) is 4.98 Å². The molecule has 0 radical (unpaired) electrons. The molecule has 0 unspecified atom stereocenters. The first-order valence-electron chi connectivity index (χ1n) is 9.12. The molecule has 0 atom stereocenters. The lowest BCUT2D eigenvalue weighted by Crippen LogP contribution is -2.33. The Morgan fingerprint density at radius 3 is 2.93 bits per heavy atom. The van der Waals surface area contributed by atoms with Crippen LogP contribution in [0.25, 0.3) is 10.9 Å². The van der Waals surface area contributed by atoms with Crippen LogP contribution in [-0.4, -0.2) is 27.8 Å². The molecule has 6 heteroatoms. The number of aromatic nitrogens is 2. The van der Waals surface area contributed by atoms with Crippen LogP contribution in [0, 0.1) is 6.92 Å². The van der Waals surface area contributed by atoms with E-state index in [1.54, 1.807) is 24.2 Å². The number of carbonyl (C=O) groups is 1. The van der Waals surface area contributed by atoms with Crippen molar-refractivity contribution in [3.8, 4) is 0 Å². The Labute approximate surface area is 162 Å². The van der Waals surface area contributed by atoms with Crippen molar-refractivity contribution in [1.29, 1.82) is 0 Å². The number of hydrogen-bond donors (Lipinski definition) is 0. The maximum absolute atomic E-state index is 12.9. The quantitative estimate of drug-likeness (QED) is 0.697. The third kappa shape index (κ3) is 3.49.